The highest BCUT2D eigenvalue weighted by atomic mass is 79.9. The van der Waals surface area contributed by atoms with Gasteiger partial charge in [-0.2, -0.15) is 0 Å². The van der Waals surface area contributed by atoms with Gasteiger partial charge in [-0.1, -0.05) is 30.3 Å². The third-order valence-corrected chi connectivity index (χ3v) is 4.02. The van der Waals surface area contributed by atoms with Gasteiger partial charge in [-0.15, -0.1) is 5.10 Å². The fraction of sp³-hybridized carbons (Fsp3) is 0.0625. The molecule has 4 aromatic rings. The Balaban J connectivity index is 1.75. The second-order valence-corrected chi connectivity index (χ2v) is 6.10. The minimum atomic E-state index is -0.148. The van der Waals surface area contributed by atoms with E-state index in [9.17, 15) is 4.79 Å². The molecule has 0 N–H and O–H groups in total. The van der Waals surface area contributed by atoms with E-state index in [4.69, 9.17) is 0 Å². The van der Waals surface area contributed by atoms with Gasteiger partial charge >= 0.3 is 0 Å². The molecule has 3 aromatic heterocycles. The maximum Gasteiger partial charge on any atom is 0.258 e. The van der Waals surface area contributed by atoms with Crippen molar-refractivity contribution in [1.82, 2.24) is 29.6 Å². The summed E-state index contributed by atoms with van der Waals surface area (Å²) in [5.74, 6) is 0.633. The van der Waals surface area contributed by atoms with E-state index in [1.165, 1.54) is 10.5 Å². The van der Waals surface area contributed by atoms with Crippen molar-refractivity contribution < 1.29 is 0 Å². The van der Waals surface area contributed by atoms with Crippen LogP contribution in [-0.2, 0) is 6.54 Å². The molecule has 0 spiro atoms. The Morgan fingerprint density at radius 3 is 2.75 bits per heavy atom. The van der Waals surface area contributed by atoms with E-state index in [1.807, 2.05) is 36.4 Å². The molecule has 0 aliphatic carbocycles. The van der Waals surface area contributed by atoms with Crippen molar-refractivity contribution in [2.24, 2.45) is 0 Å². The monoisotopic (exact) mass is 382 g/mol. The van der Waals surface area contributed by atoms with Crippen molar-refractivity contribution in [1.29, 1.82) is 0 Å². The molecule has 7 nitrogen and oxygen atoms in total. The molecule has 1 aromatic carbocycles. The van der Waals surface area contributed by atoms with E-state index in [1.54, 1.807) is 16.9 Å². The second kappa shape index (κ2) is 5.97. The molecule has 0 amide bonds. The average molecular weight is 383 g/mol. The van der Waals surface area contributed by atoms with Crippen LogP contribution >= 0.6 is 15.9 Å². The van der Waals surface area contributed by atoms with E-state index < -0.39 is 0 Å². The maximum atomic E-state index is 12.3. The predicted molar refractivity (Wildman–Crippen MR) is 91.5 cm³/mol. The number of rotatable bonds is 3. The standard InChI is InChI=1S/C16H11BrN6O/c17-12-6-7-14-18-13(8-15(24)22(14)9-12)10-23-16(19-20-21-23)11-4-2-1-3-5-11/h1-9H,10H2. The van der Waals surface area contributed by atoms with E-state index in [2.05, 4.69) is 36.4 Å². The lowest BCUT2D eigenvalue weighted by Gasteiger charge is -2.06. The third kappa shape index (κ3) is 2.71. The number of aromatic nitrogens is 6. The smallest absolute Gasteiger partial charge is 0.258 e. The molecule has 0 unspecified atom stereocenters. The fourth-order valence-electron chi connectivity index (χ4n) is 2.47. The first-order valence-corrected chi connectivity index (χ1v) is 7.99. The average Bonchev–Trinajstić information content (AvgIpc) is 3.04. The summed E-state index contributed by atoms with van der Waals surface area (Å²) in [5, 5.41) is 11.8. The fourth-order valence-corrected chi connectivity index (χ4v) is 2.80. The number of hydrogen-bond acceptors (Lipinski definition) is 5. The van der Waals surface area contributed by atoms with Crippen molar-refractivity contribution >= 4 is 21.6 Å². The SMILES string of the molecule is O=c1cc(Cn2nnnc2-c2ccccc2)nc2ccc(Br)cn12. The predicted octanol–water partition coefficient (Wildman–Crippen LogP) is 2.16. The number of halogens is 1. The van der Waals surface area contributed by atoms with Crippen LogP contribution in [0, 0.1) is 0 Å². The van der Waals surface area contributed by atoms with E-state index in [0.29, 0.717) is 23.7 Å². The van der Waals surface area contributed by atoms with Gasteiger partial charge in [-0.05, 0) is 38.5 Å². The largest absolute Gasteiger partial charge is 0.269 e. The van der Waals surface area contributed by atoms with Gasteiger partial charge in [0.25, 0.3) is 5.56 Å². The van der Waals surface area contributed by atoms with E-state index >= 15 is 0 Å². The zero-order valence-corrected chi connectivity index (χ0v) is 14.0. The first kappa shape index (κ1) is 14.7. The van der Waals surface area contributed by atoms with Crippen LogP contribution in [0.25, 0.3) is 17.0 Å². The topological polar surface area (TPSA) is 78.0 Å². The molecular formula is C16H11BrN6O. The number of benzene rings is 1. The number of nitrogens with zero attached hydrogens (tertiary/aromatic N) is 6. The van der Waals surface area contributed by atoms with Gasteiger partial charge < -0.3 is 0 Å². The molecule has 0 aliphatic rings. The van der Waals surface area contributed by atoms with Gasteiger partial charge in [0, 0.05) is 22.3 Å². The molecular weight excluding hydrogens is 372 g/mol. The Labute approximate surface area is 144 Å². The van der Waals surface area contributed by atoms with Gasteiger partial charge in [-0.25, -0.2) is 9.67 Å². The summed E-state index contributed by atoms with van der Waals surface area (Å²) in [5.41, 5.74) is 1.94. The van der Waals surface area contributed by atoms with Crippen LogP contribution in [0.5, 0.6) is 0 Å². The number of fused-ring (bicyclic) bond motifs is 1. The molecule has 0 bridgehead atoms. The van der Waals surface area contributed by atoms with Crippen molar-refractivity contribution in [3.63, 3.8) is 0 Å². The van der Waals surface area contributed by atoms with Crippen LogP contribution in [-0.4, -0.2) is 29.6 Å². The van der Waals surface area contributed by atoms with Crippen LogP contribution < -0.4 is 5.56 Å². The molecule has 8 heteroatoms. The highest BCUT2D eigenvalue weighted by Gasteiger charge is 2.11. The lowest BCUT2D eigenvalue weighted by Crippen LogP contribution is -2.17. The number of tetrazole rings is 1. The lowest BCUT2D eigenvalue weighted by atomic mass is 10.2. The number of hydrogen-bond donors (Lipinski definition) is 0. The Bertz CT molecular complexity index is 1070. The summed E-state index contributed by atoms with van der Waals surface area (Å²) in [6.07, 6.45) is 1.70. The third-order valence-electron chi connectivity index (χ3n) is 3.55. The second-order valence-electron chi connectivity index (χ2n) is 5.19. The van der Waals surface area contributed by atoms with Crippen LogP contribution in [0.1, 0.15) is 5.69 Å². The van der Waals surface area contributed by atoms with Crippen LogP contribution in [0.2, 0.25) is 0 Å². The zero-order chi connectivity index (χ0) is 16.5. The molecule has 0 saturated heterocycles. The summed E-state index contributed by atoms with van der Waals surface area (Å²) in [6.45, 7) is 0.318. The molecule has 0 saturated carbocycles. The van der Waals surface area contributed by atoms with Crippen molar-refractivity contribution in [3.05, 3.63) is 75.2 Å². The zero-order valence-electron chi connectivity index (χ0n) is 12.4. The van der Waals surface area contributed by atoms with Crippen LogP contribution in [0.3, 0.4) is 0 Å². The summed E-state index contributed by atoms with van der Waals surface area (Å²) >= 11 is 3.35. The minimum absolute atomic E-state index is 0.148. The molecule has 24 heavy (non-hydrogen) atoms. The quantitative estimate of drug-likeness (QED) is 0.542. The molecule has 0 atom stereocenters. The van der Waals surface area contributed by atoms with Gasteiger partial charge in [0.2, 0.25) is 0 Å². The molecule has 118 valence electrons. The van der Waals surface area contributed by atoms with Crippen molar-refractivity contribution in [2.75, 3.05) is 0 Å². The molecule has 0 radical (unpaired) electrons. The molecule has 0 aliphatic heterocycles. The van der Waals surface area contributed by atoms with Crippen molar-refractivity contribution in [3.8, 4) is 11.4 Å². The van der Waals surface area contributed by atoms with Gasteiger partial charge in [0.1, 0.15) is 5.65 Å². The Kier molecular flexibility index (Phi) is 3.66. The van der Waals surface area contributed by atoms with Crippen LogP contribution in [0.4, 0.5) is 0 Å². The Morgan fingerprint density at radius 2 is 1.92 bits per heavy atom. The molecule has 3 heterocycles. The minimum Gasteiger partial charge on any atom is -0.269 e. The highest BCUT2D eigenvalue weighted by Crippen LogP contribution is 2.15. The summed E-state index contributed by atoms with van der Waals surface area (Å²) in [4.78, 5) is 16.8. The van der Waals surface area contributed by atoms with Gasteiger partial charge in [0.15, 0.2) is 5.82 Å². The highest BCUT2D eigenvalue weighted by molar-refractivity contribution is 9.10. The Morgan fingerprint density at radius 1 is 1.08 bits per heavy atom. The lowest BCUT2D eigenvalue weighted by molar-refractivity contribution is 0.641. The Hall–Kier alpha value is -2.87. The van der Waals surface area contributed by atoms with Crippen LogP contribution in [0.15, 0.2) is 64.0 Å². The molecule has 4 rings (SSSR count). The summed E-state index contributed by atoms with van der Waals surface area (Å²) < 4.78 is 3.94. The maximum absolute atomic E-state index is 12.3. The first-order chi connectivity index (χ1) is 11.7. The van der Waals surface area contributed by atoms with Gasteiger partial charge in [-0.3, -0.25) is 9.20 Å². The van der Waals surface area contributed by atoms with E-state index in [-0.39, 0.29) is 5.56 Å². The summed E-state index contributed by atoms with van der Waals surface area (Å²) in [7, 11) is 0. The van der Waals surface area contributed by atoms with Crippen molar-refractivity contribution in [2.45, 2.75) is 6.54 Å². The number of pyridine rings is 1. The van der Waals surface area contributed by atoms with E-state index in [0.717, 1.165) is 10.0 Å². The molecule has 0 fully saturated rings. The normalized spacial score (nSPS) is 11.0. The van der Waals surface area contributed by atoms with Gasteiger partial charge in [0.05, 0.1) is 12.2 Å². The first-order valence-electron chi connectivity index (χ1n) is 7.20. The summed E-state index contributed by atoms with van der Waals surface area (Å²) in [6, 6.07) is 14.8.